The molecular weight excluding hydrogens is 451 g/mol. The minimum Gasteiger partial charge on any atom is -0.438 e. The fourth-order valence-corrected chi connectivity index (χ4v) is 3.97. The summed E-state index contributed by atoms with van der Waals surface area (Å²) in [5.74, 6) is 0.297. The van der Waals surface area contributed by atoms with Gasteiger partial charge >= 0.3 is 13.6 Å². The van der Waals surface area contributed by atoms with E-state index >= 15 is 0 Å². The Balaban J connectivity index is 1.38. The number of imidazole rings is 1. The number of nitrogen functional groups attached to an aromatic ring is 1. The predicted molar refractivity (Wildman–Crippen MR) is 120 cm³/mol. The highest BCUT2D eigenvalue weighted by molar-refractivity contribution is 7.53. The molecule has 12 nitrogen and oxygen atoms in total. The molecule has 0 aliphatic heterocycles. The Kier molecular flexibility index (Phi) is 6.38. The molecule has 181 valence electrons. The minimum absolute atomic E-state index is 0.159. The molecule has 1 atom stereocenters. The molecule has 4 rings (SSSR count). The van der Waals surface area contributed by atoms with Crippen LogP contribution in [0.1, 0.15) is 46.5 Å². The van der Waals surface area contributed by atoms with Gasteiger partial charge in [0.25, 0.3) is 0 Å². The number of ether oxygens (including phenoxy) is 2. The van der Waals surface area contributed by atoms with Crippen molar-refractivity contribution in [3.8, 4) is 0 Å². The number of hydrogen-bond acceptors (Lipinski definition) is 11. The van der Waals surface area contributed by atoms with Gasteiger partial charge in [0.05, 0.1) is 31.0 Å². The lowest BCUT2D eigenvalue weighted by atomic mass is 9.98. The van der Waals surface area contributed by atoms with E-state index in [1.54, 1.807) is 27.1 Å². The average Bonchev–Trinajstić information content (AvgIpc) is 3.67. The van der Waals surface area contributed by atoms with Gasteiger partial charge in [0.2, 0.25) is 12.7 Å². The van der Waals surface area contributed by atoms with Crippen molar-refractivity contribution in [3.05, 3.63) is 13.4 Å². The highest BCUT2D eigenvalue weighted by Gasteiger charge is 2.47. The summed E-state index contributed by atoms with van der Waals surface area (Å²) < 4.78 is 35.6. The third-order valence-corrected chi connectivity index (χ3v) is 6.78. The van der Waals surface area contributed by atoms with Gasteiger partial charge < -0.3 is 29.6 Å². The Bertz CT molecular complexity index is 1070. The first-order chi connectivity index (χ1) is 15.5. The molecule has 2 fully saturated rings. The van der Waals surface area contributed by atoms with Gasteiger partial charge in [-0.15, -0.1) is 0 Å². The third kappa shape index (κ3) is 5.81. The second-order valence-electron chi connectivity index (χ2n) is 9.52. The maximum Gasteiger partial charge on any atom is 0.359 e. The van der Waals surface area contributed by atoms with E-state index < -0.39 is 31.4 Å². The summed E-state index contributed by atoms with van der Waals surface area (Å²) >= 11 is 0. The molecule has 0 spiro atoms. The lowest BCUT2D eigenvalue weighted by molar-refractivity contribution is -0.160. The maximum absolute atomic E-state index is 12.8. The van der Waals surface area contributed by atoms with E-state index in [-0.39, 0.29) is 12.3 Å². The highest BCUT2D eigenvalue weighted by Crippen LogP contribution is 2.52. The number of carbonyl (C=O) groups excluding carboxylic acids is 1. The number of hydrogen-bond donors (Lipinski definition) is 2. The van der Waals surface area contributed by atoms with E-state index in [2.05, 4.69) is 27.4 Å². The number of nitrogens with one attached hydrogen (secondary N) is 1. The number of carbonyl (C=O) groups is 1. The van der Waals surface area contributed by atoms with E-state index in [0.29, 0.717) is 29.6 Å². The van der Waals surface area contributed by atoms with Crippen LogP contribution in [-0.4, -0.2) is 50.3 Å². The number of fused-ring (bicyclic) bond motifs is 1. The third-order valence-electron chi connectivity index (χ3n) is 5.44. The van der Waals surface area contributed by atoms with Crippen LogP contribution in [0.4, 0.5) is 11.8 Å². The summed E-state index contributed by atoms with van der Waals surface area (Å²) in [5, 5.41) is 3.33. The Labute approximate surface area is 192 Å². The number of nitrogens with two attached hydrogens (primary N) is 1. The largest absolute Gasteiger partial charge is 0.438 e. The number of anilines is 2. The van der Waals surface area contributed by atoms with Crippen molar-refractivity contribution in [2.75, 3.05) is 24.2 Å². The summed E-state index contributed by atoms with van der Waals surface area (Å²) in [6, 6.07) is 0.394. The van der Waals surface area contributed by atoms with E-state index in [4.69, 9.17) is 24.3 Å². The lowest BCUT2D eigenvalue weighted by Gasteiger charge is -2.22. The summed E-state index contributed by atoms with van der Waals surface area (Å²) in [5.41, 5.74) is 5.87. The van der Waals surface area contributed by atoms with Gasteiger partial charge in [-0.25, -0.2) is 4.98 Å². The van der Waals surface area contributed by atoms with Crippen LogP contribution in [0, 0.1) is 12.5 Å². The molecule has 2 aliphatic rings. The summed E-state index contributed by atoms with van der Waals surface area (Å²) in [6.45, 7) is 5.03. The number of nitrogens with zero attached hydrogens (tertiary/aromatic N) is 4. The molecule has 33 heavy (non-hydrogen) atoms. The molecule has 0 bridgehead atoms. The Hall–Kier alpha value is -2.27. The minimum atomic E-state index is -3.72. The van der Waals surface area contributed by atoms with Crippen molar-refractivity contribution < 1.29 is 27.9 Å². The fraction of sp³-hybridized carbons (Fsp3) is 0.650. The summed E-state index contributed by atoms with van der Waals surface area (Å²) in [4.78, 5) is 24.9. The quantitative estimate of drug-likeness (QED) is 0.276. The smallest absolute Gasteiger partial charge is 0.359 e. The molecule has 13 heteroatoms. The second kappa shape index (κ2) is 8.83. The van der Waals surface area contributed by atoms with Crippen molar-refractivity contribution in [3.63, 3.8) is 0 Å². The topological polar surface area (TPSA) is 153 Å². The van der Waals surface area contributed by atoms with E-state index in [0.717, 1.165) is 25.7 Å². The van der Waals surface area contributed by atoms with Gasteiger partial charge in [0.15, 0.2) is 17.0 Å². The van der Waals surface area contributed by atoms with Crippen LogP contribution < -0.4 is 11.1 Å². The van der Waals surface area contributed by atoms with Crippen molar-refractivity contribution in [1.29, 1.82) is 0 Å². The van der Waals surface area contributed by atoms with Crippen LogP contribution in [0.15, 0.2) is 6.33 Å². The molecule has 3 N–H and O–H groups in total. The zero-order valence-corrected chi connectivity index (χ0v) is 20.0. The van der Waals surface area contributed by atoms with Crippen LogP contribution in [0.5, 0.6) is 0 Å². The fourth-order valence-electron chi connectivity index (χ4n) is 3.10. The van der Waals surface area contributed by atoms with Gasteiger partial charge in [-0.3, -0.25) is 13.9 Å². The molecule has 2 heterocycles. The maximum atomic E-state index is 12.8. The molecule has 1 radical (unpaired) electrons. The summed E-state index contributed by atoms with van der Waals surface area (Å²) in [7, 11) is -0.491. The molecule has 0 aromatic carbocycles. The molecule has 0 saturated heterocycles. The summed E-state index contributed by atoms with van der Waals surface area (Å²) in [6.07, 6.45) is 5.01. The van der Waals surface area contributed by atoms with Gasteiger partial charge in [0, 0.05) is 6.04 Å². The van der Waals surface area contributed by atoms with Crippen LogP contribution in [0.3, 0.4) is 0 Å². The van der Waals surface area contributed by atoms with Crippen LogP contribution in [0.25, 0.3) is 11.2 Å². The molecule has 2 aliphatic carbocycles. The Morgan fingerprint density at radius 2 is 2.09 bits per heavy atom. The first-order valence-corrected chi connectivity index (χ1v) is 12.5. The van der Waals surface area contributed by atoms with Crippen molar-refractivity contribution in [1.82, 2.24) is 19.5 Å². The average molecular weight is 481 g/mol. The zero-order chi connectivity index (χ0) is 23.9. The molecule has 2 aromatic heterocycles. The SMILES string of the molecule is [CH2]OP(=O)(COC1(Cn2cnc3c(NC4CC4)nc(N)nc32)CC1)OCOC(=O)C(C)(C)C. The zero-order valence-electron chi connectivity index (χ0n) is 19.1. The van der Waals surface area contributed by atoms with Gasteiger partial charge in [-0.2, -0.15) is 9.97 Å². The molecule has 2 saturated carbocycles. The van der Waals surface area contributed by atoms with Crippen molar-refractivity contribution in [2.24, 2.45) is 5.41 Å². The monoisotopic (exact) mass is 481 g/mol. The highest BCUT2D eigenvalue weighted by atomic mass is 31.2. The predicted octanol–water partition coefficient (Wildman–Crippen LogP) is 3.05. The molecule has 0 amide bonds. The first kappa shape index (κ1) is 23.9. The molecule has 1 unspecified atom stereocenters. The van der Waals surface area contributed by atoms with E-state index in [9.17, 15) is 9.36 Å². The second-order valence-corrected chi connectivity index (χ2v) is 11.5. The molecular formula is C20H30N6O6P. The Morgan fingerprint density at radius 3 is 2.70 bits per heavy atom. The van der Waals surface area contributed by atoms with Crippen molar-refractivity contribution in [2.45, 2.75) is 64.6 Å². The molecule has 2 aromatic rings. The van der Waals surface area contributed by atoms with E-state index in [1.807, 2.05) is 4.57 Å². The van der Waals surface area contributed by atoms with Gasteiger partial charge in [0.1, 0.15) is 6.35 Å². The number of aromatic nitrogens is 4. The first-order valence-electron chi connectivity index (χ1n) is 10.8. The van der Waals surface area contributed by atoms with Crippen LogP contribution in [-0.2, 0) is 34.4 Å². The van der Waals surface area contributed by atoms with E-state index in [1.165, 1.54) is 0 Å². The van der Waals surface area contributed by atoms with Crippen LogP contribution in [0.2, 0.25) is 0 Å². The van der Waals surface area contributed by atoms with Crippen LogP contribution >= 0.6 is 7.60 Å². The standard InChI is InChI=1S/C20H30N6O6P/c1-19(2,3)17(27)30-11-32-33(28,29-4)12-31-20(7-8-20)9-26-10-22-14-15(23-13-5-6-13)24-18(21)25-16(14)26/h10,13H,4-9,11-12H2,1-3H3,(H3,21,23,24,25). The van der Waals surface area contributed by atoms with Gasteiger partial charge in [-0.1, -0.05) is 0 Å². The normalized spacial score (nSPS) is 19.3. The van der Waals surface area contributed by atoms with Crippen molar-refractivity contribution >= 4 is 36.5 Å². The van der Waals surface area contributed by atoms with Gasteiger partial charge in [-0.05, 0) is 46.5 Å². The lowest BCUT2D eigenvalue weighted by Crippen LogP contribution is -2.25. The Morgan fingerprint density at radius 1 is 1.36 bits per heavy atom. The number of rotatable bonds is 11. The number of esters is 1.